The van der Waals surface area contributed by atoms with Crippen molar-refractivity contribution in [3.05, 3.63) is 120 Å². The lowest BCUT2D eigenvalue weighted by Gasteiger charge is -2.34. The number of benzene rings is 6. The molecule has 0 N–H and O–H groups in total. The first-order valence-corrected chi connectivity index (χ1v) is 16.3. The maximum absolute atomic E-state index is 13.3. The Morgan fingerprint density at radius 1 is 0.478 bits per heavy atom. The van der Waals surface area contributed by atoms with Crippen LogP contribution >= 0.6 is 0 Å². The van der Waals surface area contributed by atoms with Crippen molar-refractivity contribution in [3.63, 3.8) is 0 Å². The minimum atomic E-state index is -0.257. The standard InChI is InChI=1S/C40H38N2O4/c43-39(37-33-15-5-1-11-29(33)27-30-12-2-6-16-34(30)37)45-25-9-19-41-21-23-42(24-22-41)20-10-26-46-40(44)38-35-17-7-3-13-31(35)28-32-14-4-8-18-36(32)38/h1-8,11-18,27-28H,9-10,19-26H2. The Labute approximate surface area is 269 Å². The van der Waals surface area contributed by atoms with Gasteiger partial charge in [0, 0.05) is 39.3 Å². The van der Waals surface area contributed by atoms with Crippen LogP contribution in [0.5, 0.6) is 0 Å². The van der Waals surface area contributed by atoms with E-state index in [9.17, 15) is 9.59 Å². The van der Waals surface area contributed by atoms with Crippen molar-refractivity contribution in [2.24, 2.45) is 0 Å². The molecule has 0 spiro atoms. The Hall–Kier alpha value is -4.78. The molecule has 1 heterocycles. The summed E-state index contributed by atoms with van der Waals surface area (Å²) in [6, 6.07) is 36.2. The molecular weight excluding hydrogens is 572 g/mol. The largest absolute Gasteiger partial charge is 0.462 e. The first kappa shape index (κ1) is 29.9. The van der Waals surface area contributed by atoms with E-state index < -0.39 is 0 Å². The lowest BCUT2D eigenvalue weighted by atomic mass is 9.97. The van der Waals surface area contributed by atoms with E-state index in [0.717, 1.165) is 95.2 Å². The average molecular weight is 611 g/mol. The highest BCUT2D eigenvalue weighted by atomic mass is 16.5. The fourth-order valence-corrected chi connectivity index (χ4v) is 6.75. The summed E-state index contributed by atoms with van der Waals surface area (Å²) in [5.74, 6) is -0.515. The SMILES string of the molecule is O=C(OCCCN1CCN(CCCOC(=O)c2c3ccccc3cc3ccccc23)CC1)c1c2ccccc2cc2ccccc12. The molecule has 0 aliphatic carbocycles. The lowest BCUT2D eigenvalue weighted by molar-refractivity contribution is 0.0452. The van der Waals surface area contributed by atoms with Gasteiger partial charge in [-0.3, -0.25) is 0 Å². The van der Waals surface area contributed by atoms with Crippen LogP contribution in [0.15, 0.2) is 109 Å². The third-order valence-electron chi connectivity index (χ3n) is 9.12. The Bertz CT molecular complexity index is 1770. The quantitative estimate of drug-likeness (QED) is 0.0900. The van der Waals surface area contributed by atoms with Gasteiger partial charge in [0.2, 0.25) is 0 Å². The number of nitrogens with zero attached hydrogens (tertiary/aromatic N) is 2. The van der Waals surface area contributed by atoms with Gasteiger partial charge in [0.25, 0.3) is 0 Å². The van der Waals surface area contributed by atoms with Crippen LogP contribution in [0.2, 0.25) is 0 Å². The molecule has 0 bridgehead atoms. The van der Waals surface area contributed by atoms with E-state index in [0.29, 0.717) is 24.3 Å². The smallest absolute Gasteiger partial charge is 0.339 e. The minimum absolute atomic E-state index is 0.257. The van der Waals surface area contributed by atoms with Gasteiger partial charge < -0.3 is 19.3 Å². The molecular formula is C40H38N2O4. The minimum Gasteiger partial charge on any atom is -0.462 e. The molecule has 6 aromatic carbocycles. The van der Waals surface area contributed by atoms with Gasteiger partial charge in [-0.25, -0.2) is 9.59 Å². The third kappa shape index (κ3) is 6.32. The van der Waals surface area contributed by atoms with E-state index in [1.54, 1.807) is 0 Å². The number of carbonyl (C=O) groups excluding carboxylic acids is 2. The number of carbonyl (C=O) groups is 2. The van der Waals surface area contributed by atoms with Crippen molar-refractivity contribution in [1.82, 2.24) is 9.80 Å². The monoisotopic (exact) mass is 610 g/mol. The molecule has 46 heavy (non-hydrogen) atoms. The van der Waals surface area contributed by atoms with Crippen LogP contribution in [0, 0.1) is 0 Å². The second-order valence-corrected chi connectivity index (χ2v) is 12.0. The van der Waals surface area contributed by atoms with Crippen molar-refractivity contribution in [1.29, 1.82) is 0 Å². The van der Waals surface area contributed by atoms with Crippen LogP contribution < -0.4 is 0 Å². The Balaban J connectivity index is 0.851. The molecule has 0 amide bonds. The zero-order valence-electron chi connectivity index (χ0n) is 26.0. The van der Waals surface area contributed by atoms with E-state index in [1.807, 2.05) is 97.1 Å². The molecule has 7 rings (SSSR count). The van der Waals surface area contributed by atoms with Gasteiger partial charge >= 0.3 is 11.9 Å². The number of hydrogen-bond donors (Lipinski definition) is 0. The van der Waals surface area contributed by atoms with E-state index in [2.05, 4.69) is 21.9 Å². The van der Waals surface area contributed by atoms with Crippen LogP contribution in [-0.4, -0.2) is 74.2 Å². The summed E-state index contributed by atoms with van der Waals surface area (Å²) in [6.45, 7) is 6.49. The number of piperazine rings is 1. The summed E-state index contributed by atoms with van der Waals surface area (Å²) in [6.07, 6.45) is 1.60. The number of ether oxygens (including phenoxy) is 2. The molecule has 0 radical (unpaired) electrons. The van der Waals surface area contributed by atoms with Gasteiger partial charge in [0.1, 0.15) is 0 Å². The normalized spacial score (nSPS) is 14.3. The van der Waals surface area contributed by atoms with Crippen molar-refractivity contribution in [3.8, 4) is 0 Å². The van der Waals surface area contributed by atoms with Crippen LogP contribution in [0.3, 0.4) is 0 Å². The second kappa shape index (κ2) is 13.7. The van der Waals surface area contributed by atoms with Gasteiger partial charge in [-0.1, -0.05) is 97.1 Å². The van der Waals surface area contributed by atoms with E-state index in [4.69, 9.17) is 9.47 Å². The van der Waals surface area contributed by atoms with Crippen molar-refractivity contribution in [2.45, 2.75) is 12.8 Å². The fourth-order valence-electron chi connectivity index (χ4n) is 6.75. The molecule has 1 aliphatic heterocycles. The van der Waals surface area contributed by atoms with E-state index in [-0.39, 0.29) is 11.9 Å². The first-order chi connectivity index (χ1) is 22.7. The Morgan fingerprint density at radius 2 is 0.783 bits per heavy atom. The third-order valence-corrected chi connectivity index (χ3v) is 9.12. The number of esters is 2. The molecule has 0 unspecified atom stereocenters. The van der Waals surface area contributed by atoms with Gasteiger partial charge in [0.05, 0.1) is 24.3 Å². The molecule has 6 nitrogen and oxygen atoms in total. The van der Waals surface area contributed by atoms with Crippen LogP contribution in [0.1, 0.15) is 33.6 Å². The number of hydrogen-bond acceptors (Lipinski definition) is 6. The number of rotatable bonds is 10. The molecule has 1 aliphatic rings. The zero-order chi connectivity index (χ0) is 31.3. The Kier molecular flexibility index (Phi) is 8.90. The summed E-state index contributed by atoms with van der Waals surface area (Å²) in [4.78, 5) is 31.4. The molecule has 6 aromatic rings. The van der Waals surface area contributed by atoms with Crippen LogP contribution in [0.4, 0.5) is 0 Å². The number of fused-ring (bicyclic) bond motifs is 4. The maximum atomic E-state index is 13.3. The average Bonchev–Trinajstić information content (AvgIpc) is 3.10. The highest BCUT2D eigenvalue weighted by Crippen LogP contribution is 2.30. The molecule has 0 atom stereocenters. The topological polar surface area (TPSA) is 59.1 Å². The summed E-state index contributed by atoms with van der Waals surface area (Å²) < 4.78 is 11.6. The van der Waals surface area contributed by atoms with Crippen molar-refractivity contribution >= 4 is 55.0 Å². The highest BCUT2D eigenvalue weighted by Gasteiger charge is 2.20. The highest BCUT2D eigenvalue weighted by molar-refractivity contribution is 6.17. The molecule has 1 saturated heterocycles. The summed E-state index contributed by atoms with van der Waals surface area (Å²) >= 11 is 0. The summed E-state index contributed by atoms with van der Waals surface area (Å²) in [7, 11) is 0. The van der Waals surface area contributed by atoms with Gasteiger partial charge in [-0.15, -0.1) is 0 Å². The molecule has 6 heteroatoms. The van der Waals surface area contributed by atoms with E-state index >= 15 is 0 Å². The summed E-state index contributed by atoms with van der Waals surface area (Å²) in [5, 5.41) is 7.90. The van der Waals surface area contributed by atoms with Gasteiger partial charge in [0.15, 0.2) is 0 Å². The lowest BCUT2D eigenvalue weighted by Crippen LogP contribution is -2.47. The van der Waals surface area contributed by atoms with Crippen LogP contribution in [-0.2, 0) is 9.47 Å². The van der Waals surface area contributed by atoms with Crippen molar-refractivity contribution < 1.29 is 19.1 Å². The fraction of sp³-hybridized carbons (Fsp3) is 0.250. The predicted molar refractivity (Wildman–Crippen MR) is 186 cm³/mol. The Morgan fingerprint density at radius 3 is 1.11 bits per heavy atom. The zero-order valence-corrected chi connectivity index (χ0v) is 26.0. The molecule has 0 saturated carbocycles. The summed E-state index contributed by atoms with van der Waals surface area (Å²) in [5.41, 5.74) is 1.30. The molecule has 1 fully saturated rings. The predicted octanol–water partition coefficient (Wildman–Crippen LogP) is 7.71. The molecule has 0 aromatic heterocycles. The van der Waals surface area contributed by atoms with Crippen molar-refractivity contribution in [2.75, 3.05) is 52.5 Å². The first-order valence-electron chi connectivity index (χ1n) is 16.3. The second-order valence-electron chi connectivity index (χ2n) is 12.0. The maximum Gasteiger partial charge on any atom is 0.339 e. The van der Waals surface area contributed by atoms with Crippen LogP contribution in [0.25, 0.3) is 43.1 Å². The van der Waals surface area contributed by atoms with E-state index in [1.165, 1.54) is 0 Å². The van der Waals surface area contributed by atoms with Gasteiger partial charge in [-0.05, 0) is 68.1 Å². The van der Waals surface area contributed by atoms with Gasteiger partial charge in [-0.2, -0.15) is 0 Å². The molecule has 232 valence electrons.